The van der Waals surface area contributed by atoms with E-state index in [1.165, 1.54) is 9.75 Å². The van der Waals surface area contributed by atoms with Crippen molar-refractivity contribution < 1.29 is 0 Å². The maximum Gasteiger partial charge on any atom is 0.191 e. The molecule has 1 heterocycles. The first kappa shape index (κ1) is 21.7. The third kappa shape index (κ3) is 7.28. The number of likely N-dealkylation sites (N-methyl/N-ethyl adjacent to an activating group) is 1. The lowest BCUT2D eigenvalue weighted by atomic mass is 10.0. The van der Waals surface area contributed by atoms with Crippen LogP contribution in [0.1, 0.15) is 37.4 Å². The molecular formula is C16H31IN4S. The zero-order chi connectivity index (χ0) is 15.9. The van der Waals surface area contributed by atoms with Gasteiger partial charge in [0, 0.05) is 28.4 Å². The highest BCUT2D eigenvalue weighted by Gasteiger charge is 2.20. The third-order valence-corrected chi connectivity index (χ3v) is 4.92. The number of halogens is 1. The van der Waals surface area contributed by atoms with Crippen molar-refractivity contribution in [3.8, 4) is 0 Å². The van der Waals surface area contributed by atoms with Crippen LogP contribution in [0.5, 0.6) is 0 Å². The number of aryl methyl sites for hydroxylation is 1. The summed E-state index contributed by atoms with van der Waals surface area (Å²) in [6, 6.07) is 4.38. The molecule has 0 aliphatic carbocycles. The SMILES string of the molecule is CCNC(=NCc1ccc(CC)s1)NCC(C)(C)N(C)C.I. The van der Waals surface area contributed by atoms with Gasteiger partial charge in [0.25, 0.3) is 0 Å². The predicted octanol–water partition coefficient (Wildman–Crippen LogP) is 3.32. The van der Waals surface area contributed by atoms with E-state index in [1.807, 2.05) is 11.3 Å². The van der Waals surface area contributed by atoms with E-state index < -0.39 is 0 Å². The van der Waals surface area contributed by atoms with Crippen LogP contribution in [0.3, 0.4) is 0 Å². The molecule has 2 N–H and O–H groups in total. The minimum Gasteiger partial charge on any atom is -0.357 e. The van der Waals surface area contributed by atoms with Crippen molar-refractivity contribution in [2.24, 2.45) is 4.99 Å². The number of hydrogen-bond donors (Lipinski definition) is 2. The molecular weight excluding hydrogens is 407 g/mol. The number of guanidine groups is 1. The summed E-state index contributed by atoms with van der Waals surface area (Å²) in [6.45, 7) is 11.2. The van der Waals surface area contributed by atoms with Crippen LogP contribution in [0.4, 0.5) is 0 Å². The molecule has 0 saturated heterocycles. The fraction of sp³-hybridized carbons (Fsp3) is 0.688. The topological polar surface area (TPSA) is 39.7 Å². The van der Waals surface area contributed by atoms with Gasteiger partial charge in [0.05, 0.1) is 6.54 Å². The van der Waals surface area contributed by atoms with Crippen molar-refractivity contribution in [3.63, 3.8) is 0 Å². The number of hydrogen-bond acceptors (Lipinski definition) is 3. The van der Waals surface area contributed by atoms with E-state index in [-0.39, 0.29) is 29.5 Å². The fourth-order valence-corrected chi connectivity index (χ4v) is 2.54. The van der Waals surface area contributed by atoms with Crippen molar-refractivity contribution in [3.05, 3.63) is 21.9 Å². The molecule has 0 spiro atoms. The monoisotopic (exact) mass is 438 g/mol. The summed E-state index contributed by atoms with van der Waals surface area (Å²) >= 11 is 1.85. The van der Waals surface area contributed by atoms with Gasteiger partial charge in [0.2, 0.25) is 0 Å². The predicted molar refractivity (Wildman–Crippen MR) is 110 cm³/mol. The number of nitrogens with one attached hydrogen (secondary N) is 2. The minimum absolute atomic E-state index is 0. The van der Waals surface area contributed by atoms with Crippen LogP contribution < -0.4 is 10.6 Å². The number of nitrogens with zero attached hydrogens (tertiary/aromatic N) is 2. The second-order valence-electron chi connectivity index (χ2n) is 5.98. The van der Waals surface area contributed by atoms with Gasteiger partial charge >= 0.3 is 0 Å². The summed E-state index contributed by atoms with van der Waals surface area (Å²) in [6.07, 6.45) is 1.10. The van der Waals surface area contributed by atoms with E-state index in [0.717, 1.165) is 32.0 Å². The van der Waals surface area contributed by atoms with E-state index >= 15 is 0 Å². The Balaban J connectivity index is 0.00000441. The van der Waals surface area contributed by atoms with Gasteiger partial charge in [-0.15, -0.1) is 35.3 Å². The average Bonchev–Trinajstić information content (AvgIpc) is 2.89. The molecule has 0 aliphatic rings. The van der Waals surface area contributed by atoms with Gasteiger partial charge in [-0.2, -0.15) is 0 Å². The van der Waals surface area contributed by atoms with Gasteiger partial charge in [-0.25, -0.2) is 4.99 Å². The molecule has 0 saturated carbocycles. The van der Waals surface area contributed by atoms with Crippen LogP contribution in [0.25, 0.3) is 0 Å². The van der Waals surface area contributed by atoms with Gasteiger partial charge in [0.1, 0.15) is 0 Å². The van der Waals surface area contributed by atoms with Crippen LogP contribution in [0.15, 0.2) is 17.1 Å². The van der Waals surface area contributed by atoms with Gasteiger partial charge in [-0.05, 0) is 53.4 Å². The molecule has 0 unspecified atom stereocenters. The van der Waals surface area contributed by atoms with E-state index in [9.17, 15) is 0 Å². The van der Waals surface area contributed by atoms with Crippen LogP contribution in [0, 0.1) is 0 Å². The Hall–Kier alpha value is -0.340. The molecule has 0 radical (unpaired) electrons. The highest BCUT2D eigenvalue weighted by atomic mass is 127. The Morgan fingerprint density at radius 2 is 1.82 bits per heavy atom. The fourth-order valence-electron chi connectivity index (χ4n) is 1.65. The Bertz CT molecular complexity index is 455. The Kier molecular flexibility index (Phi) is 10.3. The molecule has 0 atom stereocenters. The van der Waals surface area contributed by atoms with Crippen LogP contribution in [-0.4, -0.2) is 43.6 Å². The third-order valence-electron chi connectivity index (χ3n) is 3.70. The molecule has 0 aromatic carbocycles. The van der Waals surface area contributed by atoms with Crippen LogP contribution >= 0.6 is 35.3 Å². The first-order valence-corrected chi connectivity index (χ1v) is 8.48. The Morgan fingerprint density at radius 1 is 1.18 bits per heavy atom. The quantitative estimate of drug-likeness (QED) is 0.390. The lowest BCUT2D eigenvalue weighted by Gasteiger charge is -2.33. The summed E-state index contributed by atoms with van der Waals surface area (Å²) in [5, 5.41) is 6.75. The first-order chi connectivity index (χ1) is 9.89. The van der Waals surface area contributed by atoms with Crippen molar-refractivity contribution in [1.29, 1.82) is 0 Å². The highest BCUT2D eigenvalue weighted by Crippen LogP contribution is 2.17. The van der Waals surface area contributed by atoms with Crippen LogP contribution in [-0.2, 0) is 13.0 Å². The minimum atomic E-state index is 0. The molecule has 0 bridgehead atoms. The molecule has 4 nitrogen and oxygen atoms in total. The molecule has 0 fully saturated rings. The van der Waals surface area contributed by atoms with E-state index in [2.05, 4.69) is 74.4 Å². The summed E-state index contributed by atoms with van der Waals surface area (Å²) in [5.74, 6) is 0.888. The molecule has 0 amide bonds. The lowest BCUT2D eigenvalue weighted by molar-refractivity contribution is 0.197. The molecule has 128 valence electrons. The van der Waals surface area contributed by atoms with Crippen molar-refractivity contribution in [2.75, 3.05) is 27.2 Å². The maximum atomic E-state index is 4.68. The van der Waals surface area contributed by atoms with Crippen molar-refractivity contribution in [1.82, 2.24) is 15.5 Å². The molecule has 6 heteroatoms. The Labute approximate surface area is 156 Å². The molecule has 1 rings (SSSR count). The molecule has 1 aromatic heterocycles. The molecule has 0 aliphatic heterocycles. The first-order valence-electron chi connectivity index (χ1n) is 7.66. The summed E-state index contributed by atoms with van der Waals surface area (Å²) in [5.41, 5.74) is 0.0918. The van der Waals surface area contributed by atoms with E-state index in [0.29, 0.717) is 0 Å². The van der Waals surface area contributed by atoms with Gasteiger partial charge < -0.3 is 15.5 Å². The summed E-state index contributed by atoms with van der Waals surface area (Å²) < 4.78 is 0. The molecule has 22 heavy (non-hydrogen) atoms. The van der Waals surface area contributed by atoms with E-state index in [4.69, 9.17) is 0 Å². The number of thiophene rings is 1. The van der Waals surface area contributed by atoms with E-state index in [1.54, 1.807) is 0 Å². The van der Waals surface area contributed by atoms with Gasteiger partial charge in [-0.1, -0.05) is 6.92 Å². The normalized spacial score (nSPS) is 12.2. The van der Waals surface area contributed by atoms with Crippen LogP contribution in [0.2, 0.25) is 0 Å². The Morgan fingerprint density at radius 3 is 2.32 bits per heavy atom. The van der Waals surface area contributed by atoms with Crippen molar-refractivity contribution >= 4 is 41.3 Å². The second-order valence-corrected chi connectivity index (χ2v) is 7.23. The molecule has 1 aromatic rings. The second kappa shape index (κ2) is 10.4. The summed E-state index contributed by atoms with van der Waals surface area (Å²) in [7, 11) is 4.20. The maximum absolute atomic E-state index is 4.68. The lowest BCUT2D eigenvalue weighted by Crippen LogP contribution is -2.50. The average molecular weight is 438 g/mol. The smallest absolute Gasteiger partial charge is 0.191 e. The van der Waals surface area contributed by atoms with Gasteiger partial charge in [-0.3, -0.25) is 0 Å². The standard InChI is InChI=1S/C16H30N4S.HI/c1-7-13-9-10-14(21-13)11-18-15(17-8-2)19-12-16(3,4)20(5)6;/h9-10H,7-8,11-12H2,1-6H3,(H2,17,18,19);1H. The van der Waals surface area contributed by atoms with Gasteiger partial charge in [0.15, 0.2) is 5.96 Å². The number of rotatable bonds is 7. The van der Waals surface area contributed by atoms with Crippen molar-refractivity contribution in [2.45, 2.75) is 46.2 Å². The zero-order valence-electron chi connectivity index (χ0n) is 14.7. The largest absolute Gasteiger partial charge is 0.357 e. The summed E-state index contributed by atoms with van der Waals surface area (Å²) in [4.78, 5) is 9.64. The highest BCUT2D eigenvalue weighted by molar-refractivity contribution is 14.0. The zero-order valence-corrected chi connectivity index (χ0v) is 17.8. The number of aliphatic imine (C=N–C) groups is 1.